The average molecular weight is 454 g/mol. The highest BCUT2D eigenvalue weighted by atomic mass is 32.2. The van der Waals surface area contributed by atoms with Crippen LogP contribution in [0.2, 0.25) is 0 Å². The van der Waals surface area contributed by atoms with Gasteiger partial charge >= 0.3 is 0 Å². The van der Waals surface area contributed by atoms with E-state index in [4.69, 9.17) is 9.47 Å². The van der Waals surface area contributed by atoms with Gasteiger partial charge in [0.25, 0.3) is 0 Å². The summed E-state index contributed by atoms with van der Waals surface area (Å²) in [6.45, 7) is 6.21. The molecule has 0 unspecified atom stereocenters. The highest BCUT2D eigenvalue weighted by Crippen LogP contribution is 2.35. The molecule has 1 N–H and O–H groups in total. The van der Waals surface area contributed by atoms with Gasteiger partial charge in [0.2, 0.25) is 10.0 Å². The van der Waals surface area contributed by atoms with Gasteiger partial charge < -0.3 is 9.47 Å². The average Bonchev–Trinajstić information content (AvgIpc) is 2.77. The van der Waals surface area contributed by atoms with Crippen LogP contribution in [0.5, 0.6) is 11.5 Å². The molecule has 1 atom stereocenters. The van der Waals surface area contributed by atoms with E-state index in [-0.39, 0.29) is 16.9 Å². The third kappa shape index (κ3) is 6.11. The zero-order valence-corrected chi connectivity index (χ0v) is 19.9. The van der Waals surface area contributed by atoms with E-state index in [0.717, 1.165) is 28.2 Å². The standard InChI is InChI=1S/C26H31NO4S/c1-19(2)31-22-13-11-21(12-14-22)24(25-7-5-6-8-26(25)30-4)17-18-27-32(28,29)23-15-9-20(3)10-16-23/h5-16,19,24,27H,17-18H2,1-4H3/t24-/m1/s1. The Bertz CT molecular complexity index is 1110. The van der Waals surface area contributed by atoms with Crippen molar-refractivity contribution in [1.82, 2.24) is 4.72 Å². The van der Waals surface area contributed by atoms with Crippen LogP contribution in [0.25, 0.3) is 0 Å². The van der Waals surface area contributed by atoms with Gasteiger partial charge in [-0.3, -0.25) is 0 Å². The molecule has 3 aromatic rings. The summed E-state index contributed by atoms with van der Waals surface area (Å²) in [5, 5.41) is 0. The monoisotopic (exact) mass is 453 g/mol. The molecule has 0 bridgehead atoms. The van der Waals surface area contributed by atoms with E-state index in [1.165, 1.54) is 0 Å². The van der Waals surface area contributed by atoms with Gasteiger partial charge in [0.05, 0.1) is 18.1 Å². The number of para-hydroxylation sites is 1. The minimum Gasteiger partial charge on any atom is -0.496 e. The van der Waals surface area contributed by atoms with Gasteiger partial charge in [0.15, 0.2) is 0 Å². The minimum absolute atomic E-state index is 0.0417. The lowest BCUT2D eigenvalue weighted by atomic mass is 9.88. The van der Waals surface area contributed by atoms with E-state index < -0.39 is 10.0 Å². The molecule has 0 saturated heterocycles. The molecular formula is C26H31NO4S. The van der Waals surface area contributed by atoms with Crippen molar-refractivity contribution in [3.63, 3.8) is 0 Å². The number of benzene rings is 3. The van der Waals surface area contributed by atoms with Gasteiger partial charge in [-0.25, -0.2) is 13.1 Å². The number of nitrogens with one attached hydrogen (secondary N) is 1. The number of methoxy groups -OCH3 is 1. The summed E-state index contributed by atoms with van der Waals surface area (Å²) in [6, 6.07) is 22.7. The first kappa shape index (κ1) is 23.8. The fraction of sp³-hybridized carbons (Fsp3) is 0.308. The summed E-state index contributed by atoms with van der Waals surface area (Å²) in [5.41, 5.74) is 3.10. The van der Waals surface area contributed by atoms with E-state index in [1.54, 1.807) is 31.4 Å². The van der Waals surface area contributed by atoms with E-state index in [0.29, 0.717) is 13.0 Å². The highest BCUT2D eigenvalue weighted by molar-refractivity contribution is 7.89. The van der Waals surface area contributed by atoms with Crippen molar-refractivity contribution in [2.75, 3.05) is 13.7 Å². The molecule has 0 aliphatic heterocycles. The summed E-state index contributed by atoms with van der Waals surface area (Å²) < 4.78 is 39.5. The zero-order chi connectivity index (χ0) is 23.1. The Balaban J connectivity index is 1.82. The maximum atomic E-state index is 12.7. The predicted octanol–water partition coefficient (Wildman–Crippen LogP) is 5.29. The third-order valence-corrected chi connectivity index (χ3v) is 6.70. The molecule has 0 amide bonds. The van der Waals surface area contributed by atoms with Gasteiger partial charge in [-0.2, -0.15) is 0 Å². The number of sulfonamides is 1. The van der Waals surface area contributed by atoms with Gasteiger partial charge in [0, 0.05) is 18.0 Å². The lowest BCUT2D eigenvalue weighted by Gasteiger charge is -2.21. The van der Waals surface area contributed by atoms with Crippen LogP contribution in [0, 0.1) is 6.92 Å². The molecule has 0 aromatic heterocycles. The molecule has 6 heteroatoms. The van der Waals surface area contributed by atoms with Gasteiger partial charge in [-0.15, -0.1) is 0 Å². The van der Waals surface area contributed by atoms with Crippen molar-refractivity contribution >= 4 is 10.0 Å². The molecule has 0 heterocycles. The summed E-state index contributed by atoms with van der Waals surface area (Å²) in [4.78, 5) is 0.270. The molecule has 3 rings (SSSR count). The smallest absolute Gasteiger partial charge is 0.240 e. The van der Waals surface area contributed by atoms with Crippen LogP contribution in [0.4, 0.5) is 0 Å². The Morgan fingerprint density at radius 2 is 1.56 bits per heavy atom. The first-order valence-corrected chi connectivity index (χ1v) is 12.2. The van der Waals surface area contributed by atoms with Crippen molar-refractivity contribution in [2.24, 2.45) is 0 Å². The van der Waals surface area contributed by atoms with Gasteiger partial charge in [-0.05, 0) is 63.1 Å². The molecule has 0 saturated carbocycles. The van der Waals surface area contributed by atoms with Crippen molar-refractivity contribution in [1.29, 1.82) is 0 Å². The second-order valence-electron chi connectivity index (χ2n) is 8.03. The number of ether oxygens (including phenoxy) is 2. The maximum absolute atomic E-state index is 12.7. The molecule has 0 aliphatic rings. The van der Waals surface area contributed by atoms with Crippen LogP contribution in [0.3, 0.4) is 0 Å². The van der Waals surface area contributed by atoms with Gasteiger partial charge in [-0.1, -0.05) is 48.0 Å². The predicted molar refractivity (Wildman–Crippen MR) is 128 cm³/mol. The molecule has 170 valence electrons. The largest absolute Gasteiger partial charge is 0.496 e. The Morgan fingerprint density at radius 3 is 2.19 bits per heavy atom. The lowest BCUT2D eigenvalue weighted by molar-refractivity contribution is 0.242. The maximum Gasteiger partial charge on any atom is 0.240 e. The normalized spacial score (nSPS) is 12.5. The van der Waals surface area contributed by atoms with Crippen LogP contribution < -0.4 is 14.2 Å². The quantitative estimate of drug-likeness (QED) is 0.453. The molecule has 0 spiro atoms. The Kier molecular flexibility index (Phi) is 7.94. The van der Waals surface area contributed by atoms with E-state index in [2.05, 4.69) is 4.72 Å². The second kappa shape index (κ2) is 10.7. The van der Waals surface area contributed by atoms with Crippen molar-refractivity contribution in [3.05, 3.63) is 89.5 Å². The Labute approximate surface area is 191 Å². The summed E-state index contributed by atoms with van der Waals surface area (Å²) in [7, 11) is -1.93. The second-order valence-corrected chi connectivity index (χ2v) is 9.80. The summed E-state index contributed by atoms with van der Waals surface area (Å²) >= 11 is 0. The first-order chi connectivity index (χ1) is 15.3. The summed E-state index contributed by atoms with van der Waals surface area (Å²) in [5.74, 6) is 1.55. The van der Waals surface area contributed by atoms with E-state index >= 15 is 0 Å². The molecule has 32 heavy (non-hydrogen) atoms. The third-order valence-electron chi connectivity index (χ3n) is 5.22. The molecule has 5 nitrogen and oxygen atoms in total. The SMILES string of the molecule is COc1ccccc1[C@H](CCNS(=O)(=O)c1ccc(C)cc1)c1ccc(OC(C)C)cc1. The van der Waals surface area contributed by atoms with E-state index in [9.17, 15) is 8.42 Å². The molecule has 0 aliphatic carbocycles. The minimum atomic E-state index is -3.57. The number of hydrogen-bond donors (Lipinski definition) is 1. The van der Waals surface area contributed by atoms with Gasteiger partial charge in [0.1, 0.15) is 11.5 Å². The van der Waals surface area contributed by atoms with Crippen LogP contribution in [-0.2, 0) is 10.0 Å². The molecule has 0 fully saturated rings. The van der Waals surface area contributed by atoms with Crippen molar-refractivity contribution < 1.29 is 17.9 Å². The zero-order valence-electron chi connectivity index (χ0n) is 19.0. The van der Waals surface area contributed by atoms with Crippen LogP contribution >= 0.6 is 0 Å². The van der Waals surface area contributed by atoms with E-state index in [1.807, 2.05) is 69.3 Å². The van der Waals surface area contributed by atoms with Crippen molar-refractivity contribution in [2.45, 2.75) is 44.1 Å². The summed E-state index contributed by atoms with van der Waals surface area (Å²) in [6.07, 6.45) is 0.678. The fourth-order valence-electron chi connectivity index (χ4n) is 3.65. The Morgan fingerprint density at radius 1 is 0.906 bits per heavy atom. The number of hydrogen-bond acceptors (Lipinski definition) is 4. The topological polar surface area (TPSA) is 64.6 Å². The molecule has 0 radical (unpaired) electrons. The van der Waals surface area contributed by atoms with Crippen molar-refractivity contribution in [3.8, 4) is 11.5 Å². The first-order valence-electron chi connectivity index (χ1n) is 10.8. The molecule has 3 aromatic carbocycles. The van der Waals surface area contributed by atoms with Crippen LogP contribution in [0.1, 0.15) is 42.9 Å². The number of rotatable bonds is 10. The molecular weight excluding hydrogens is 422 g/mol. The Hall–Kier alpha value is -2.83. The number of aryl methyl sites for hydroxylation is 1. The van der Waals surface area contributed by atoms with Crippen LogP contribution in [-0.4, -0.2) is 28.2 Å². The van der Waals surface area contributed by atoms with Crippen LogP contribution in [0.15, 0.2) is 77.7 Å². The fourth-order valence-corrected chi connectivity index (χ4v) is 4.69. The lowest BCUT2D eigenvalue weighted by Crippen LogP contribution is -2.26. The highest BCUT2D eigenvalue weighted by Gasteiger charge is 2.20.